The highest BCUT2D eigenvalue weighted by Crippen LogP contribution is 2.39. The van der Waals surface area contributed by atoms with E-state index in [4.69, 9.17) is 21.7 Å². The minimum atomic E-state index is -0.435. The van der Waals surface area contributed by atoms with Crippen LogP contribution in [0.15, 0.2) is 76.1 Å². The van der Waals surface area contributed by atoms with Gasteiger partial charge in [-0.3, -0.25) is 15.0 Å². The van der Waals surface area contributed by atoms with Crippen molar-refractivity contribution in [2.45, 2.75) is 6.61 Å². The number of nitrogens with zero attached hydrogens (tertiary/aromatic N) is 1. The first-order chi connectivity index (χ1) is 16.9. The highest BCUT2D eigenvalue weighted by atomic mass is 79.9. The van der Waals surface area contributed by atoms with Crippen LogP contribution in [-0.2, 0) is 11.4 Å². The van der Waals surface area contributed by atoms with E-state index in [1.165, 1.54) is 19.2 Å². The molecule has 10 heteroatoms. The van der Waals surface area contributed by atoms with Gasteiger partial charge in [0.25, 0.3) is 11.8 Å². The van der Waals surface area contributed by atoms with Crippen LogP contribution < -0.4 is 14.9 Å². The van der Waals surface area contributed by atoms with E-state index >= 15 is 0 Å². The lowest BCUT2D eigenvalue weighted by Crippen LogP contribution is -2.44. The van der Waals surface area contributed by atoms with Gasteiger partial charge in [-0.05, 0) is 81.7 Å². The van der Waals surface area contributed by atoms with Crippen molar-refractivity contribution < 1.29 is 23.5 Å². The normalized spacial score (nSPS) is 14.4. The molecular formula is C25H18BrFN2O4S2. The monoisotopic (exact) mass is 572 g/mol. The number of nitrogens with one attached hydrogen (secondary N) is 1. The summed E-state index contributed by atoms with van der Waals surface area (Å²) in [6.45, 7) is 0.217. The van der Waals surface area contributed by atoms with Crippen molar-refractivity contribution in [1.82, 2.24) is 10.4 Å². The lowest BCUT2D eigenvalue weighted by Gasteiger charge is -2.15. The van der Waals surface area contributed by atoms with Crippen molar-refractivity contribution >= 4 is 62.1 Å². The second-order valence-electron chi connectivity index (χ2n) is 7.27. The van der Waals surface area contributed by atoms with E-state index in [0.717, 1.165) is 22.3 Å². The minimum absolute atomic E-state index is 0.217. The van der Waals surface area contributed by atoms with Crippen LogP contribution in [0.2, 0.25) is 0 Å². The first-order valence-electron chi connectivity index (χ1n) is 10.2. The summed E-state index contributed by atoms with van der Waals surface area (Å²) in [5.74, 6) is -0.273. The van der Waals surface area contributed by atoms with Crippen LogP contribution in [0.3, 0.4) is 0 Å². The number of hydrogen-bond acceptors (Lipinski definition) is 6. The Bertz CT molecular complexity index is 1320. The fourth-order valence-corrected chi connectivity index (χ4v) is 4.92. The van der Waals surface area contributed by atoms with Gasteiger partial charge in [-0.2, -0.15) is 5.01 Å². The standard InChI is InChI=1S/C25H18BrFN2O4S2/c1-32-20-12-16(11-19(26)22(20)33-14-15-7-9-18(27)10-8-15)13-21-24(31)29(25(34)35-21)28-23(30)17-5-3-2-4-6-17/h2-13H,14H2,1H3,(H,28,30)/b21-13+. The zero-order valence-corrected chi connectivity index (χ0v) is 21.5. The van der Waals surface area contributed by atoms with Crippen LogP contribution in [-0.4, -0.2) is 28.3 Å². The van der Waals surface area contributed by atoms with Gasteiger partial charge in [0.15, 0.2) is 15.8 Å². The van der Waals surface area contributed by atoms with Gasteiger partial charge >= 0.3 is 0 Å². The molecule has 35 heavy (non-hydrogen) atoms. The summed E-state index contributed by atoms with van der Waals surface area (Å²) in [6.07, 6.45) is 1.66. The van der Waals surface area contributed by atoms with E-state index in [-0.39, 0.29) is 16.7 Å². The third kappa shape index (κ3) is 5.90. The van der Waals surface area contributed by atoms with Crippen LogP contribution in [0.25, 0.3) is 6.08 Å². The van der Waals surface area contributed by atoms with E-state index in [2.05, 4.69) is 21.4 Å². The van der Waals surface area contributed by atoms with Crippen molar-refractivity contribution in [3.05, 3.63) is 98.6 Å². The largest absolute Gasteiger partial charge is 0.493 e. The predicted molar refractivity (Wildman–Crippen MR) is 140 cm³/mol. The van der Waals surface area contributed by atoms with Gasteiger partial charge in [0, 0.05) is 5.56 Å². The smallest absolute Gasteiger partial charge is 0.285 e. The Hall–Kier alpha value is -3.21. The van der Waals surface area contributed by atoms with Crippen LogP contribution in [0.5, 0.6) is 11.5 Å². The molecule has 0 aromatic heterocycles. The van der Waals surface area contributed by atoms with E-state index < -0.39 is 11.8 Å². The summed E-state index contributed by atoms with van der Waals surface area (Å²) >= 11 is 9.87. The topological polar surface area (TPSA) is 67.9 Å². The Morgan fingerprint density at radius 1 is 1.17 bits per heavy atom. The molecule has 0 atom stereocenters. The highest BCUT2D eigenvalue weighted by Gasteiger charge is 2.34. The SMILES string of the molecule is COc1cc(/C=C2/SC(=S)N(NC(=O)c3ccccc3)C2=O)cc(Br)c1OCc1ccc(F)cc1. The third-order valence-electron chi connectivity index (χ3n) is 4.89. The molecule has 2 amide bonds. The molecule has 1 N–H and O–H groups in total. The van der Waals surface area contributed by atoms with E-state index in [1.807, 2.05) is 0 Å². The maximum atomic E-state index is 13.1. The zero-order valence-electron chi connectivity index (χ0n) is 18.3. The van der Waals surface area contributed by atoms with E-state index in [0.29, 0.717) is 32.0 Å². The molecular weight excluding hydrogens is 555 g/mol. The van der Waals surface area contributed by atoms with Gasteiger partial charge in [0.05, 0.1) is 16.5 Å². The van der Waals surface area contributed by atoms with Crippen molar-refractivity contribution in [3.8, 4) is 11.5 Å². The second kappa shape index (κ2) is 11.0. The molecule has 0 bridgehead atoms. The number of hydrazine groups is 1. The molecule has 178 valence electrons. The maximum Gasteiger partial charge on any atom is 0.285 e. The number of thiocarbonyl (C=S) groups is 1. The van der Waals surface area contributed by atoms with Crippen LogP contribution in [0.4, 0.5) is 4.39 Å². The Morgan fingerprint density at radius 3 is 2.57 bits per heavy atom. The predicted octanol–water partition coefficient (Wildman–Crippen LogP) is 5.72. The molecule has 1 heterocycles. The summed E-state index contributed by atoms with van der Waals surface area (Å²) in [7, 11) is 1.51. The lowest BCUT2D eigenvalue weighted by atomic mass is 10.1. The molecule has 4 rings (SSSR count). The van der Waals surface area contributed by atoms with Gasteiger partial charge in [0.2, 0.25) is 0 Å². The fourth-order valence-electron chi connectivity index (χ4n) is 3.17. The first kappa shape index (κ1) is 24.9. The summed E-state index contributed by atoms with van der Waals surface area (Å²) in [4.78, 5) is 25.7. The molecule has 0 aliphatic carbocycles. The second-order valence-corrected chi connectivity index (χ2v) is 9.80. The molecule has 1 fully saturated rings. The van der Waals surface area contributed by atoms with Crippen molar-refractivity contribution in [3.63, 3.8) is 0 Å². The van der Waals surface area contributed by atoms with Crippen molar-refractivity contribution in [1.29, 1.82) is 0 Å². The van der Waals surface area contributed by atoms with E-state index in [9.17, 15) is 14.0 Å². The molecule has 0 unspecified atom stereocenters. The summed E-state index contributed by atoms with van der Waals surface area (Å²) in [6, 6.07) is 18.1. The molecule has 3 aromatic carbocycles. The lowest BCUT2D eigenvalue weighted by molar-refractivity contribution is -0.123. The number of amides is 2. The average molecular weight is 573 g/mol. The first-order valence-corrected chi connectivity index (χ1v) is 12.3. The molecule has 6 nitrogen and oxygen atoms in total. The molecule has 1 saturated heterocycles. The highest BCUT2D eigenvalue weighted by molar-refractivity contribution is 9.10. The van der Waals surface area contributed by atoms with Crippen LogP contribution in [0, 0.1) is 5.82 Å². The Morgan fingerprint density at radius 2 is 1.89 bits per heavy atom. The number of carbonyl (C=O) groups is 2. The van der Waals surface area contributed by atoms with Crippen LogP contribution >= 0.6 is 39.9 Å². The molecule has 0 spiro atoms. The number of rotatable bonds is 7. The van der Waals surface area contributed by atoms with Crippen molar-refractivity contribution in [2.24, 2.45) is 0 Å². The fraction of sp³-hybridized carbons (Fsp3) is 0.0800. The Balaban J connectivity index is 1.51. The van der Waals surface area contributed by atoms with Gasteiger partial charge in [0.1, 0.15) is 12.4 Å². The van der Waals surface area contributed by atoms with Crippen molar-refractivity contribution in [2.75, 3.05) is 7.11 Å². The number of halogens is 2. The zero-order chi connectivity index (χ0) is 24.9. The van der Waals surface area contributed by atoms with Gasteiger partial charge < -0.3 is 9.47 Å². The third-order valence-corrected chi connectivity index (χ3v) is 6.78. The van der Waals surface area contributed by atoms with Crippen LogP contribution in [0.1, 0.15) is 21.5 Å². The summed E-state index contributed by atoms with van der Waals surface area (Å²) in [5.41, 5.74) is 4.43. The minimum Gasteiger partial charge on any atom is -0.493 e. The average Bonchev–Trinajstić information content (AvgIpc) is 3.11. The maximum absolute atomic E-state index is 13.1. The summed E-state index contributed by atoms with van der Waals surface area (Å²) < 4.78 is 25.3. The Labute approximate surface area is 219 Å². The number of methoxy groups -OCH3 is 1. The number of ether oxygens (including phenoxy) is 2. The molecule has 1 aliphatic rings. The molecule has 0 saturated carbocycles. The van der Waals surface area contributed by atoms with E-state index in [1.54, 1.807) is 60.7 Å². The van der Waals surface area contributed by atoms with Gasteiger partial charge in [-0.25, -0.2) is 4.39 Å². The Kier molecular flexibility index (Phi) is 7.84. The van der Waals surface area contributed by atoms with Gasteiger partial charge in [-0.15, -0.1) is 0 Å². The van der Waals surface area contributed by atoms with Gasteiger partial charge in [-0.1, -0.05) is 42.1 Å². The molecule has 1 aliphatic heterocycles. The quantitative estimate of drug-likeness (QED) is 0.288. The number of benzene rings is 3. The number of hydrogen-bond donors (Lipinski definition) is 1. The summed E-state index contributed by atoms with van der Waals surface area (Å²) in [5, 5.41) is 1.06. The molecule has 3 aromatic rings. The molecule has 0 radical (unpaired) electrons. The number of thioether (sulfide) groups is 1. The number of carbonyl (C=O) groups excluding carboxylic acids is 2.